The van der Waals surface area contributed by atoms with Crippen LogP contribution in [0, 0.1) is 0 Å². The highest BCUT2D eigenvalue weighted by atomic mass is 32.1. The average Bonchev–Trinajstić information content (AvgIpc) is 3.94. The molecule has 0 amide bonds. The molecule has 296 valence electrons. The smallest absolute Gasteiger partial charge is 0.333 e. The lowest BCUT2D eigenvalue weighted by Gasteiger charge is -2.42. The van der Waals surface area contributed by atoms with Crippen LogP contribution in [0.4, 0.5) is 11.4 Å². The van der Waals surface area contributed by atoms with E-state index in [1.165, 1.54) is 131 Å². The van der Waals surface area contributed by atoms with Gasteiger partial charge in [-0.25, -0.2) is 0 Å². The number of anilines is 2. The molecule has 0 radical (unpaired) electrons. The lowest BCUT2D eigenvalue weighted by Crippen LogP contribution is -2.60. The molecule has 0 N–H and O–H groups in total. The minimum Gasteiger partial charge on any atom is -0.376 e. The van der Waals surface area contributed by atoms with Crippen molar-refractivity contribution in [3.63, 3.8) is 0 Å². The predicted octanol–water partition coefficient (Wildman–Crippen LogP) is 14.3. The molecule has 0 bridgehead atoms. The highest BCUT2D eigenvalue weighted by Crippen LogP contribution is 2.56. The highest BCUT2D eigenvalue weighted by molar-refractivity contribution is 7.26. The SMILES string of the molecule is CC(C)(C)c1ccc(N2B3c4cc5sc6ccccc6c5cc4-n4c5cc6c(cc5c5ccc(c3c54)-c3cc4c(cc32)-c2ccccc2C4(C)C)-c2ccccc2C6(C)C)cc1. The molecule has 4 aliphatic rings. The number of benzene rings is 8. The summed E-state index contributed by atoms with van der Waals surface area (Å²) in [7, 11) is 0. The number of thiophene rings is 1. The van der Waals surface area contributed by atoms with Gasteiger partial charge in [-0.3, -0.25) is 0 Å². The standard InChI is InChI=1S/C58H45BN2S/c1-56(2,3)32-20-22-33(23-21-32)61-50-28-40-35-15-9-12-18-45(35)57(4,5)46(40)27-42(50)37-24-25-38-41-26-39-34-14-8-11-17-44(34)58(6,7)47(39)30-49(41)60-51-29-43-36-16-10-13-19-52(36)62-53(43)31-48(51)59(61)54(37)55(38)60/h8-31H,1-7H3. The normalized spacial score (nSPS) is 15.9. The minimum atomic E-state index is -0.115. The summed E-state index contributed by atoms with van der Waals surface area (Å²) in [6.07, 6.45) is 0. The maximum absolute atomic E-state index is 2.72. The summed E-state index contributed by atoms with van der Waals surface area (Å²) in [6.45, 7) is 16.5. The molecule has 0 saturated carbocycles. The Morgan fingerprint density at radius 1 is 0.484 bits per heavy atom. The molecule has 0 spiro atoms. The Labute approximate surface area is 367 Å². The van der Waals surface area contributed by atoms with E-state index in [0.717, 1.165) is 0 Å². The summed E-state index contributed by atoms with van der Waals surface area (Å²) in [5, 5.41) is 5.32. The Morgan fingerprint density at radius 2 is 1.15 bits per heavy atom. The van der Waals surface area contributed by atoms with E-state index in [1.807, 2.05) is 11.3 Å². The Morgan fingerprint density at radius 3 is 1.87 bits per heavy atom. The van der Waals surface area contributed by atoms with E-state index < -0.39 is 0 Å². The van der Waals surface area contributed by atoms with Gasteiger partial charge in [0.1, 0.15) is 0 Å². The largest absolute Gasteiger partial charge is 0.376 e. The van der Waals surface area contributed by atoms with Crippen molar-refractivity contribution in [3.8, 4) is 39.1 Å². The van der Waals surface area contributed by atoms with Gasteiger partial charge in [0.05, 0.1) is 11.0 Å². The molecule has 4 heteroatoms. The van der Waals surface area contributed by atoms with Crippen LogP contribution in [0.1, 0.15) is 76.3 Å². The van der Waals surface area contributed by atoms with Gasteiger partial charge in [-0.1, -0.05) is 139 Å². The molecular formula is C58H45BN2S. The van der Waals surface area contributed by atoms with Crippen molar-refractivity contribution < 1.29 is 0 Å². The van der Waals surface area contributed by atoms with Crippen molar-refractivity contribution >= 4 is 82.5 Å². The summed E-state index contributed by atoms with van der Waals surface area (Å²) in [4.78, 5) is 2.72. The van der Waals surface area contributed by atoms with E-state index in [0.29, 0.717) is 0 Å². The first kappa shape index (κ1) is 35.3. The summed E-state index contributed by atoms with van der Waals surface area (Å²) in [5.74, 6) is 0. The van der Waals surface area contributed by atoms with Gasteiger partial charge in [-0.15, -0.1) is 11.3 Å². The lowest BCUT2D eigenvalue weighted by atomic mass is 9.44. The molecule has 2 aromatic heterocycles. The zero-order valence-corrected chi connectivity index (χ0v) is 37.1. The van der Waals surface area contributed by atoms with Gasteiger partial charge in [-0.05, 0) is 127 Å². The molecule has 4 heterocycles. The van der Waals surface area contributed by atoms with E-state index in [1.54, 1.807) is 0 Å². The van der Waals surface area contributed by atoms with Crippen LogP contribution in [0.2, 0.25) is 0 Å². The second kappa shape index (κ2) is 11.4. The fraction of sp³-hybridized carbons (Fsp3) is 0.172. The monoisotopic (exact) mass is 812 g/mol. The summed E-state index contributed by atoms with van der Waals surface area (Å²) >= 11 is 1.93. The Hall–Kier alpha value is -6.36. The van der Waals surface area contributed by atoms with Crippen LogP contribution >= 0.6 is 11.3 Å². The third kappa shape index (κ3) is 4.22. The van der Waals surface area contributed by atoms with Gasteiger partial charge in [0, 0.05) is 64.4 Å². The Kier molecular flexibility index (Phi) is 6.46. The molecule has 62 heavy (non-hydrogen) atoms. The van der Waals surface area contributed by atoms with E-state index in [9.17, 15) is 0 Å². The van der Waals surface area contributed by atoms with Crippen LogP contribution < -0.4 is 15.7 Å². The second-order valence-corrected chi connectivity index (χ2v) is 21.6. The summed E-state index contributed by atoms with van der Waals surface area (Å²) in [6, 6.07) is 56.9. The van der Waals surface area contributed by atoms with Crippen molar-refractivity contribution in [3.05, 3.63) is 173 Å². The zero-order chi connectivity index (χ0) is 41.8. The van der Waals surface area contributed by atoms with Crippen LogP contribution in [-0.2, 0) is 16.2 Å². The first-order chi connectivity index (χ1) is 29.9. The first-order valence-electron chi connectivity index (χ1n) is 22.3. The molecule has 0 unspecified atom stereocenters. The molecule has 0 fully saturated rings. The third-order valence-electron chi connectivity index (χ3n) is 15.5. The molecule has 10 aromatic rings. The number of nitrogens with zero attached hydrogens (tertiary/aromatic N) is 2. The number of hydrogen-bond donors (Lipinski definition) is 0. The van der Waals surface area contributed by atoms with Gasteiger partial charge in [0.2, 0.25) is 0 Å². The van der Waals surface area contributed by atoms with Crippen molar-refractivity contribution in [1.29, 1.82) is 0 Å². The molecule has 2 aliphatic heterocycles. The van der Waals surface area contributed by atoms with Gasteiger partial charge in [-0.2, -0.15) is 0 Å². The molecule has 8 aromatic carbocycles. The number of aromatic nitrogens is 1. The molecule has 2 aliphatic carbocycles. The van der Waals surface area contributed by atoms with Crippen molar-refractivity contribution in [2.24, 2.45) is 0 Å². The summed E-state index contributed by atoms with van der Waals surface area (Å²) < 4.78 is 5.36. The fourth-order valence-electron chi connectivity index (χ4n) is 12.4. The average molecular weight is 813 g/mol. The van der Waals surface area contributed by atoms with Crippen LogP contribution in [0.3, 0.4) is 0 Å². The number of fused-ring (bicyclic) bond motifs is 17. The Balaban J connectivity index is 1.15. The maximum atomic E-state index is 2.72. The van der Waals surface area contributed by atoms with Crippen molar-refractivity contribution in [1.82, 2.24) is 4.57 Å². The second-order valence-electron chi connectivity index (χ2n) is 20.5. The molecule has 2 nitrogen and oxygen atoms in total. The van der Waals surface area contributed by atoms with Gasteiger partial charge < -0.3 is 9.38 Å². The van der Waals surface area contributed by atoms with Gasteiger partial charge in [0.15, 0.2) is 0 Å². The summed E-state index contributed by atoms with van der Waals surface area (Å²) in [5.41, 5.74) is 24.1. The van der Waals surface area contributed by atoms with Gasteiger partial charge >= 0.3 is 6.85 Å². The molecule has 0 saturated heterocycles. The number of hydrogen-bond acceptors (Lipinski definition) is 2. The fourth-order valence-corrected chi connectivity index (χ4v) is 13.5. The highest BCUT2D eigenvalue weighted by Gasteiger charge is 2.47. The van der Waals surface area contributed by atoms with E-state index in [4.69, 9.17) is 0 Å². The quantitative estimate of drug-likeness (QED) is 0.150. The predicted molar refractivity (Wildman–Crippen MR) is 267 cm³/mol. The van der Waals surface area contributed by atoms with Crippen molar-refractivity contribution in [2.75, 3.05) is 4.81 Å². The first-order valence-corrected chi connectivity index (χ1v) is 23.1. The van der Waals surface area contributed by atoms with Crippen LogP contribution in [0.5, 0.6) is 0 Å². The Bertz CT molecular complexity index is 3680. The molecular weight excluding hydrogens is 768 g/mol. The van der Waals surface area contributed by atoms with E-state index >= 15 is 0 Å². The molecule has 14 rings (SSSR count). The topological polar surface area (TPSA) is 8.17 Å². The zero-order valence-electron chi connectivity index (χ0n) is 36.2. The third-order valence-corrected chi connectivity index (χ3v) is 16.7. The number of rotatable bonds is 1. The van der Waals surface area contributed by atoms with E-state index in [-0.39, 0.29) is 23.1 Å². The van der Waals surface area contributed by atoms with Crippen LogP contribution in [-0.4, -0.2) is 11.4 Å². The minimum absolute atomic E-state index is 0.0465. The molecule has 0 atom stereocenters. The van der Waals surface area contributed by atoms with Crippen LogP contribution in [0.15, 0.2) is 146 Å². The van der Waals surface area contributed by atoms with Crippen molar-refractivity contribution in [2.45, 2.75) is 64.7 Å². The van der Waals surface area contributed by atoms with Crippen LogP contribution in [0.25, 0.3) is 81.0 Å². The maximum Gasteiger partial charge on any atom is 0.333 e. The lowest BCUT2D eigenvalue weighted by molar-refractivity contribution is 0.590. The van der Waals surface area contributed by atoms with Gasteiger partial charge in [0.25, 0.3) is 0 Å². The van der Waals surface area contributed by atoms with E-state index in [2.05, 4.69) is 203 Å².